The van der Waals surface area contributed by atoms with E-state index in [1.165, 1.54) is 0 Å². The van der Waals surface area contributed by atoms with Gasteiger partial charge in [0.25, 0.3) is 0 Å². The number of amides is 1. The first-order chi connectivity index (χ1) is 10.7. The number of methoxy groups -OCH3 is 1. The number of anilines is 2. The van der Waals surface area contributed by atoms with E-state index in [2.05, 4.69) is 10.4 Å². The largest absolute Gasteiger partial charge is 0.497 e. The van der Waals surface area contributed by atoms with Gasteiger partial charge in [0.2, 0.25) is 5.91 Å². The fourth-order valence-corrected chi connectivity index (χ4v) is 2.38. The molecule has 5 nitrogen and oxygen atoms in total. The molecule has 0 bridgehead atoms. The molecule has 0 atom stereocenters. The highest BCUT2D eigenvalue weighted by molar-refractivity contribution is 6.03. The summed E-state index contributed by atoms with van der Waals surface area (Å²) in [5.74, 6) is 0.740. The predicted octanol–water partition coefficient (Wildman–Crippen LogP) is 2.88. The zero-order chi connectivity index (χ0) is 15.5. The molecular formula is C17H17N3O2. The Labute approximate surface area is 129 Å². The summed E-state index contributed by atoms with van der Waals surface area (Å²) in [6, 6.07) is 15.3. The lowest BCUT2D eigenvalue weighted by Crippen LogP contribution is -2.35. The fraction of sp³-hybridized carbons (Fsp3) is 0.176. The number of hydrazone groups is 1. The molecule has 0 aliphatic carbocycles. The van der Waals surface area contributed by atoms with Gasteiger partial charge in [-0.1, -0.05) is 12.1 Å². The van der Waals surface area contributed by atoms with Crippen molar-refractivity contribution in [2.75, 3.05) is 24.0 Å². The second kappa shape index (κ2) is 5.89. The third-order valence-corrected chi connectivity index (χ3v) is 3.53. The highest BCUT2D eigenvalue weighted by Gasteiger charge is 2.21. The Kier molecular flexibility index (Phi) is 3.78. The van der Waals surface area contributed by atoms with Gasteiger partial charge < -0.3 is 10.1 Å². The first-order valence-corrected chi connectivity index (χ1v) is 7.03. The minimum Gasteiger partial charge on any atom is -0.497 e. The van der Waals surface area contributed by atoms with E-state index in [0.29, 0.717) is 0 Å². The SMILES string of the molecule is COc1ccc(C(C)=NN2CC(=O)Nc3ccccc32)cc1. The number of nitrogens with zero attached hydrogens (tertiary/aromatic N) is 2. The fourth-order valence-electron chi connectivity index (χ4n) is 2.38. The number of nitrogens with one attached hydrogen (secondary N) is 1. The summed E-state index contributed by atoms with van der Waals surface area (Å²) in [6.45, 7) is 2.14. The van der Waals surface area contributed by atoms with Crippen molar-refractivity contribution in [1.29, 1.82) is 0 Å². The minimum atomic E-state index is -0.0648. The summed E-state index contributed by atoms with van der Waals surface area (Å²) >= 11 is 0. The molecule has 1 heterocycles. The molecule has 2 aromatic carbocycles. The number of hydrogen-bond acceptors (Lipinski definition) is 4. The number of carbonyl (C=O) groups excluding carboxylic acids is 1. The first kappa shape index (κ1) is 14.1. The summed E-state index contributed by atoms with van der Waals surface area (Å²) in [5, 5.41) is 9.18. The summed E-state index contributed by atoms with van der Waals surface area (Å²) in [7, 11) is 1.64. The van der Waals surface area contributed by atoms with Crippen molar-refractivity contribution in [1.82, 2.24) is 0 Å². The molecular weight excluding hydrogens is 278 g/mol. The molecule has 112 valence electrons. The van der Waals surface area contributed by atoms with Crippen LogP contribution in [0.25, 0.3) is 0 Å². The number of carbonyl (C=O) groups is 1. The Morgan fingerprint density at radius 3 is 2.64 bits per heavy atom. The minimum absolute atomic E-state index is 0.0648. The standard InChI is InChI=1S/C17H17N3O2/c1-12(13-7-9-14(22-2)10-8-13)19-20-11-17(21)18-15-5-3-4-6-16(15)20/h3-10H,11H2,1-2H3,(H,18,21). The van der Waals surface area contributed by atoms with E-state index >= 15 is 0 Å². The molecule has 0 fully saturated rings. The van der Waals surface area contributed by atoms with Crippen LogP contribution in [0.3, 0.4) is 0 Å². The molecule has 0 saturated carbocycles. The monoisotopic (exact) mass is 295 g/mol. The molecule has 1 N–H and O–H groups in total. The first-order valence-electron chi connectivity index (χ1n) is 7.03. The Bertz CT molecular complexity index is 723. The van der Waals surface area contributed by atoms with Gasteiger partial charge in [-0.05, 0) is 48.9 Å². The lowest BCUT2D eigenvalue weighted by Gasteiger charge is -2.27. The van der Waals surface area contributed by atoms with Crippen molar-refractivity contribution in [3.63, 3.8) is 0 Å². The average Bonchev–Trinajstić information content (AvgIpc) is 2.54. The van der Waals surface area contributed by atoms with E-state index in [1.807, 2.05) is 55.5 Å². The number of para-hydroxylation sites is 2. The van der Waals surface area contributed by atoms with E-state index in [9.17, 15) is 4.79 Å². The topological polar surface area (TPSA) is 53.9 Å². The summed E-state index contributed by atoms with van der Waals surface area (Å²) in [4.78, 5) is 11.8. The maximum atomic E-state index is 11.8. The van der Waals surface area contributed by atoms with Gasteiger partial charge in [0.05, 0.1) is 24.2 Å². The number of fused-ring (bicyclic) bond motifs is 1. The van der Waals surface area contributed by atoms with Gasteiger partial charge >= 0.3 is 0 Å². The van der Waals surface area contributed by atoms with Crippen LogP contribution in [0.5, 0.6) is 5.75 Å². The molecule has 0 unspecified atom stereocenters. The van der Waals surface area contributed by atoms with Crippen molar-refractivity contribution < 1.29 is 9.53 Å². The van der Waals surface area contributed by atoms with E-state index < -0.39 is 0 Å². The van der Waals surface area contributed by atoms with Gasteiger partial charge in [-0.2, -0.15) is 5.10 Å². The Morgan fingerprint density at radius 1 is 1.18 bits per heavy atom. The van der Waals surface area contributed by atoms with Gasteiger partial charge in [-0.25, -0.2) is 0 Å². The normalized spacial score (nSPS) is 14.4. The van der Waals surface area contributed by atoms with Crippen LogP contribution < -0.4 is 15.1 Å². The Hall–Kier alpha value is -2.82. The molecule has 3 rings (SSSR count). The lowest BCUT2D eigenvalue weighted by molar-refractivity contribution is -0.115. The van der Waals surface area contributed by atoms with Crippen LogP contribution in [0.1, 0.15) is 12.5 Å². The Morgan fingerprint density at radius 2 is 1.91 bits per heavy atom. The molecule has 22 heavy (non-hydrogen) atoms. The van der Waals surface area contributed by atoms with Crippen LogP contribution in [-0.2, 0) is 4.79 Å². The average molecular weight is 295 g/mol. The molecule has 0 saturated heterocycles. The third kappa shape index (κ3) is 2.79. The van der Waals surface area contributed by atoms with E-state index in [-0.39, 0.29) is 12.5 Å². The van der Waals surface area contributed by atoms with E-state index in [0.717, 1.165) is 28.4 Å². The quantitative estimate of drug-likeness (QED) is 0.886. The molecule has 0 radical (unpaired) electrons. The number of rotatable bonds is 3. The van der Waals surface area contributed by atoms with Crippen molar-refractivity contribution in [2.24, 2.45) is 5.10 Å². The zero-order valence-electron chi connectivity index (χ0n) is 12.5. The van der Waals surface area contributed by atoms with Crippen LogP contribution in [-0.4, -0.2) is 25.3 Å². The third-order valence-electron chi connectivity index (χ3n) is 3.53. The summed E-state index contributed by atoms with van der Waals surface area (Å²) in [6.07, 6.45) is 0. The Balaban J connectivity index is 1.91. The van der Waals surface area contributed by atoms with Crippen molar-refractivity contribution >= 4 is 23.0 Å². The number of ether oxygens (including phenoxy) is 1. The van der Waals surface area contributed by atoms with Crippen molar-refractivity contribution in [3.05, 3.63) is 54.1 Å². The molecule has 5 heteroatoms. The molecule has 1 aliphatic rings. The molecule has 2 aromatic rings. The van der Waals surface area contributed by atoms with Crippen molar-refractivity contribution in [3.8, 4) is 5.75 Å². The van der Waals surface area contributed by atoms with Crippen molar-refractivity contribution in [2.45, 2.75) is 6.92 Å². The second-order valence-electron chi connectivity index (χ2n) is 5.04. The highest BCUT2D eigenvalue weighted by atomic mass is 16.5. The highest BCUT2D eigenvalue weighted by Crippen LogP contribution is 2.29. The number of benzene rings is 2. The molecule has 0 spiro atoms. The van der Waals surface area contributed by atoms with E-state index in [4.69, 9.17) is 4.74 Å². The van der Waals surface area contributed by atoms with Gasteiger partial charge in [-0.15, -0.1) is 0 Å². The van der Waals surface area contributed by atoms with Gasteiger partial charge in [0, 0.05) is 0 Å². The van der Waals surface area contributed by atoms with Crippen LogP contribution in [0.4, 0.5) is 11.4 Å². The summed E-state index contributed by atoms with van der Waals surface area (Å²) in [5.41, 5.74) is 3.51. The zero-order valence-corrected chi connectivity index (χ0v) is 12.5. The molecule has 1 amide bonds. The maximum absolute atomic E-state index is 11.8. The van der Waals surface area contributed by atoms with Crippen LogP contribution in [0.2, 0.25) is 0 Å². The summed E-state index contributed by atoms with van der Waals surface area (Å²) < 4.78 is 5.16. The number of hydrogen-bond donors (Lipinski definition) is 1. The molecule has 1 aliphatic heterocycles. The molecule has 0 aromatic heterocycles. The second-order valence-corrected chi connectivity index (χ2v) is 5.04. The van der Waals surface area contributed by atoms with Crippen LogP contribution in [0, 0.1) is 0 Å². The van der Waals surface area contributed by atoms with Gasteiger partial charge in [0.15, 0.2) is 0 Å². The predicted molar refractivity (Wildman–Crippen MR) is 87.6 cm³/mol. The van der Waals surface area contributed by atoms with Crippen LogP contribution in [0.15, 0.2) is 53.6 Å². The lowest BCUT2D eigenvalue weighted by atomic mass is 10.1. The van der Waals surface area contributed by atoms with Gasteiger partial charge in [-0.3, -0.25) is 9.80 Å². The van der Waals surface area contributed by atoms with E-state index in [1.54, 1.807) is 12.1 Å². The smallest absolute Gasteiger partial charge is 0.246 e. The van der Waals surface area contributed by atoms with Gasteiger partial charge in [0.1, 0.15) is 12.3 Å². The maximum Gasteiger partial charge on any atom is 0.246 e. The van der Waals surface area contributed by atoms with Crippen LogP contribution >= 0.6 is 0 Å².